The molecular formula is C14H22N2O4S. The van der Waals surface area contributed by atoms with Crippen molar-refractivity contribution < 1.29 is 18.3 Å². The van der Waals surface area contributed by atoms with Crippen LogP contribution < -0.4 is 4.72 Å². The number of ether oxygens (including phenoxy) is 1. The molecule has 0 bridgehead atoms. The Morgan fingerprint density at radius 3 is 2.38 bits per heavy atom. The average Bonchev–Trinajstić information content (AvgIpc) is 2.48. The molecule has 1 heterocycles. The molecule has 1 aromatic carbocycles. The van der Waals surface area contributed by atoms with E-state index >= 15 is 0 Å². The molecule has 118 valence electrons. The summed E-state index contributed by atoms with van der Waals surface area (Å²) in [4.78, 5) is 2.18. The van der Waals surface area contributed by atoms with Crippen LogP contribution in [0.5, 0.6) is 0 Å². The zero-order chi connectivity index (χ0) is 15.1. The summed E-state index contributed by atoms with van der Waals surface area (Å²) in [7, 11) is -3.33. The van der Waals surface area contributed by atoms with Gasteiger partial charge in [-0.25, -0.2) is 13.1 Å². The first-order valence-electron chi connectivity index (χ1n) is 7.05. The third-order valence-electron chi connectivity index (χ3n) is 3.42. The number of morpholine rings is 1. The summed E-state index contributed by atoms with van der Waals surface area (Å²) in [5.41, 5.74) is 1.49. The van der Waals surface area contributed by atoms with Crippen molar-refractivity contribution >= 4 is 10.0 Å². The van der Waals surface area contributed by atoms with E-state index in [4.69, 9.17) is 9.84 Å². The zero-order valence-electron chi connectivity index (χ0n) is 12.0. The van der Waals surface area contributed by atoms with E-state index in [-0.39, 0.29) is 12.4 Å². The molecule has 7 heteroatoms. The summed E-state index contributed by atoms with van der Waals surface area (Å²) in [6, 6.07) is 6.93. The van der Waals surface area contributed by atoms with Crippen LogP contribution in [-0.2, 0) is 27.1 Å². The number of aliphatic hydroxyl groups excluding tert-OH is 1. The molecule has 6 nitrogen and oxygen atoms in total. The van der Waals surface area contributed by atoms with Gasteiger partial charge in [0.1, 0.15) is 0 Å². The molecule has 21 heavy (non-hydrogen) atoms. The van der Waals surface area contributed by atoms with Crippen molar-refractivity contribution in [1.29, 1.82) is 0 Å². The highest BCUT2D eigenvalue weighted by Crippen LogP contribution is 2.07. The van der Waals surface area contributed by atoms with Gasteiger partial charge in [0.2, 0.25) is 10.0 Å². The van der Waals surface area contributed by atoms with Gasteiger partial charge in [0.25, 0.3) is 0 Å². The largest absolute Gasteiger partial charge is 0.392 e. The van der Waals surface area contributed by atoms with Gasteiger partial charge in [0, 0.05) is 26.2 Å². The van der Waals surface area contributed by atoms with Crippen LogP contribution in [0, 0.1) is 0 Å². The van der Waals surface area contributed by atoms with Crippen LogP contribution >= 0.6 is 0 Å². The maximum absolute atomic E-state index is 12.0. The Hall–Kier alpha value is -0.990. The quantitative estimate of drug-likeness (QED) is 0.737. The lowest BCUT2D eigenvalue weighted by Crippen LogP contribution is -2.41. The highest BCUT2D eigenvalue weighted by molar-refractivity contribution is 7.88. The molecule has 0 spiro atoms. The Morgan fingerprint density at radius 2 is 1.76 bits per heavy atom. The van der Waals surface area contributed by atoms with Crippen LogP contribution in [0.1, 0.15) is 11.1 Å². The normalized spacial score (nSPS) is 17.0. The molecule has 1 saturated heterocycles. The second kappa shape index (κ2) is 7.86. The van der Waals surface area contributed by atoms with Gasteiger partial charge in [0.05, 0.1) is 25.6 Å². The van der Waals surface area contributed by atoms with Gasteiger partial charge >= 0.3 is 0 Å². The number of sulfonamides is 1. The molecule has 0 amide bonds. The zero-order valence-corrected chi connectivity index (χ0v) is 12.8. The topological polar surface area (TPSA) is 78.9 Å². The fourth-order valence-corrected chi connectivity index (χ4v) is 3.33. The van der Waals surface area contributed by atoms with Gasteiger partial charge in [-0.3, -0.25) is 4.90 Å². The van der Waals surface area contributed by atoms with Crippen molar-refractivity contribution in [3.8, 4) is 0 Å². The summed E-state index contributed by atoms with van der Waals surface area (Å²) in [5, 5.41) is 8.96. The fraction of sp³-hybridized carbons (Fsp3) is 0.571. The van der Waals surface area contributed by atoms with Crippen LogP contribution in [0.2, 0.25) is 0 Å². The van der Waals surface area contributed by atoms with E-state index in [1.807, 2.05) is 0 Å². The van der Waals surface area contributed by atoms with E-state index in [0.717, 1.165) is 18.7 Å². The highest BCUT2D eigenvalue weighted by atomic mass is 32.2. The van der Waals surface area contributed by atoms with Gasteiger partial charge in [-0.2, -0.15) is 0 Å². The SMILES string of the molecule is O=S(=O)(Cc1ccc(CO)cc1)NCCN1CCOCC1. The molecule has 1 aliphatic rings. The average molecular weight is 314 g/mol. The smallest absolute Gasteiger partial charge is 0.215 e. The number of benzene rings is 1. The minimum atomic E-state index is -3.33. The Morgan fingerprint density at radius 1 is 1.14 bits per heavy atom. The van der Waals surface area contributed by atoms with Crippen LogP contribution in [0.15, 0.2) is 24.3 Å². The number of hydrogen-bond donors (Lipinski definition) is 2. The summed E-state index contributed by atoms with van der Waals surface area (Å²) < 4.78 is 31.9. The van der Waals surface area contributed by atoms with Gasteiger partial charge in [-0.1, -0.05) is 24.3 Å². The molecule has 1 aromatic rings. The summed E-state index contributed by atoms with van der Waals surface area (Å²) in [5.74, 6) is -0.0399. The van der Waals surface area contributed by atoms with E-state index < -0.39 is 10.0 Å². The van der Waals surface area contributed by atoms with Gasteiger partial charge in [-0.15, -0.1) is 0 Å². The van der Waals surface area contributed by atoms with E-state index in [9.17, 15) is 8.42 Å². The highest BCUT2D eigenvalue weighted by Gasteiger charge is 2.14. The molecule has 1 fully saturated rings. The maximum Gasteiger partial charge on any atom is 0.215 e. The Kier molecular flexibility index (Phi) is 6.13. The predicted molar refractivity (Wildman–Crippen MR) is 80.3 cm³/mol. The van der Waals surface area contributed by atoms with E-state index in [0.29, 0.717) is 31.9 Å². The number of nitrogens with zero attached hydrogens (tertiary/aromatic N) is 1. The molecule has 2 rings (SSSR count). The first-order valence-corrected chi connectivity index (χ1v) is 8.70. The molecular weight excluding hydrogens is 292 g/mol. The summed E-state index contributed by atoms with van der Waals surface area (Å²) in [6.07, 6.45) is 0. The van der Waals surface area contributed by atoms with Crippen molar-refractivity contribution in [3.05, 3.63) is 35.4 Å². The number of aliphatic hydroxyl groups is 1. The van der Waals surface area contributed by atoms with Crippen molar-refractivity contribution in [2.75, 3.05) is 39.4 Å². The molecule has 0 atom stereocenters. The Labute approximate surface area is 125 Å². The van der Waals surface area contributed by atoms with Crippen molar-refractivity contribution in [3.63, 3.8) is 0 Å². The number of hydrogen-bond acceptors (Lipinski definition) is 5. The van der Waals surface area contributed by atoms with E-state index in [2.05, 4.69) is 9.62 Å². The lowest BCUT2D eigenvalue weighted by atomic mass is 10.2. The van der Waals surface area contributed by atoms with E-state index in [1.54, 1.807) is 24.3 Å². The minimum Gasteiger partial charge on any atom is -0.392 e. The third-order valence-corrected chi connectivity index (χ3v) is 4.77. The fourth-order valence-electron chi connectivity index (χ4n) is 2.20. The molecule has 0 radical (unpaired) electrons. The summed E-state index contributed by atoms with van der Waals surface area (Å²) in [6.45, 7) is 4.20. The second-order valence-electron chi connectivity index (χ2n) is 5.08. The first kappa shape index (κ1) is 16.4. The number of rotatable bonds is 7. The predicted octanol–water partition coefficient (Wildman–Crippen LogP) is -0.0695. The molecule has 0 saturated carbocycles. The molecule has 0 aromatic heterocycles. The molecule has 0 aliphatic carbocycles. The molecule has 0 unspecified atom stereocenters. The maximum atomic E-state index is 12.0. The molecule has 2 N–H and O–H groups in total. The lowest BCUT2D eigenvalue weighted by molar-refractivity contribution is 0.0390. The van der Waals surface area contributed by atoms with Crippen molar-refractivity contribution in [2.24, 2.45) is 0 Å². The van der Waals surface area contributed by atoms with Gasteiger partial charge < -0.3 is 9.84 Å². The van der Waals surface area contributed by atoms with Crippen LogP contribution in [0.4, 0.5) is 0 Å². The van der Waals surface area contributed by atoms with Crippen LogP contribution in [0.25, 0.3) is 0 Å². The van der Waals surface area contributed by atoms with Crippen LogP contribution in [0.3, 0.4) is 0 Å². The van der Waals surface area contributed by atoms with Crippen LogP contribution in [-0.4, -0.2) is 57.8 Å². The lowest BCUT2D eigenvalue weighted by Gasteiger charge is -2.26. The first-order chi connectivity index (χ1) is 10.1. The van der Waals surface area contributed by atoms with Crippen molar-refractivity contribution in [2.45, 2.75) is 12.4 Å². The minimum absolute atomic E-state index is 0.0369. The second-order valence-corrected chi connectivity index (χ2v) is 6.89. The standard InChI is InChI=1S/C14H22N2O4S/c17-11-13-1-3-14(4-2-13)12-21(18,19)15-5-6-16-7-9-20-10-8-16/h1-4,15,17H,5-12H2. The van der Waals surface area contributed by atoms with E-state index in [1.165, 1.54) is 0 Å². The monoisotopic (exact) mass is 314 g/mol. The number of nitrogens with one attached hydrogen (secondary N) is 1. The third kappa shape index (κ3) is 5.72. The summed E-state index contributed by atoms with van der Waals surface area (Å²) >= 11 is 0. The Balaban J connectivity index is 1.77. The van der Waals surface area contributed by atoms with Gasteiger partial charge in [0.15, 0.2) is 0 Å². The molecule has 1 aliphatic heterocycles. The van der Waals surface area contributed by atoms with Gasteiger partial charge in [-0.05, 0) is 11.1 Å². The Bertz CT molecular complexity index is 524. The van der Waals surface area contributed by atoms with Crippen molar-refractivity contribution in [1.82, 2.24) is 9.62 Å².